The van der Waals surface area contributed by atoms with Gasteiger partial charge in [-0.15, -0.1) is 0 Å². The molecule has 1 amide bonds. The third-order valence-electron chi connectivity index (χ3n) is 5.55. The predicted octanol–water partition coefficient (Wildman–Crippen LogP) is 2.77. The fraction of sp³-hybridized carbons (Fsp3) is 0.579. The molecule has 0 aromatic heterocycles. The van der Waals surface area contributed by atoms with E-state index in [1.807, 2.05) is 41.1 Å². The highest BCUT2D eigenvalue weighted by molar-refractivity contribution is 6.30. The van der Waals surface area contributed by atoms with Crippen LogP contribution in [0.4, 0.5) is 0 Å². The molecule has 2 aliphatic rings. The lowest BCUT2D eigenvalue weighted by Gasteiger charge is -2.28. The molecule has 1 aromatic carbocycles. The first-order valence-electron chi connectivity index (χ1n) is 8.90. The Kier molecular flexibility index (Phi) is 5.35. The number of benzene rings is 1. The summed E-state index contributed by atoms with van der Waals surface area (Å²) in [7, 11) is 1.85. The summed E-state index contributed by atoms with van der Waals surface area (Å²) in [4.78, 5) is 27.9. The first-order chi connectivity index (χ1) is 11.9. The average Bonchev–Trinajstić information content (AvgIpc) is 3.38. The second-order valence-corrected chi connectivity index (χ2v) is 7.71. The van der Waals surface area contributed by atoms with Gasteiger partial charge in [0.2, 0.25) is 5.91 Å². The van der Waals surface area contributed by atoms with Gasteiger partial charge in [0.15, 0.2) is 0 Å². The molecule has 136 valence electrons. The van der Waals surface area contributed by atoms with Crippen molar-refractivity contribution in [2.24, 2.45) is 0 Å². The van der Waals surface area contributed by atoms with Crippen molar-refractivity contribution in [3.8, 4) is 0 Å². The number of halogens is 1. The van der Waals surface area contributed by atoms with Crippen LogP contribution < -0.4 is 0 Å². The molecule has 1 aliphatic carbocycles. The highest BCUT2D eigenvalue weighted by Gasteiger charge is 2.53. The van der Waals surface area contributed by atoms with Crippen molar-refractivity contribution in [2.75, 3.05) is 26.7 Å². The van der Waals surface area contributed by atoms with E-state index in [-0.39, 0.29) is 23.9 Å². The van der Waals surface area contributed by atoms with Gasteiger partial charge in [-0.1, -0.05) is 23.7 Å². The molecule has 1 aliphatic heterocycles. The Labute approximate surface area is 153 Å². The number of hydrogen-bond donors (Lipinski definition) is 1. The van der Waals surface area contributed by atoms with Gasteiger partial charge < -0.3 is 10.0 Å². The normalized spacial score (nSPS) is 22.5. The van der Waals surface area contributed by atoms with Crippen molar-refractivity contribution in [1.29, 1.82) is 0 Å². The molecule has 3 rings (SSSR count). The molecule has 0 radical (unpaired) electrons. The molecule has 0 spiro atoms. The first-order valence-corrected chi connectivity index (χ1v) is 9.28. The van der Waals surface area contributed by atoms with Crippen molar-refractivity contribution >= 4 is 23.5 Å². The van der Waals surface area contributed by atoms with Gasteiger partial charge in [-0.05, 0) is 56.8 Å². The van der Waals surface area contributed by atoms with Crippen LogP contribution in [0.2, 0.25) is 5.02 Å². The van der Waals surface area contributed by atoms with Gasteiger partial charge in [-0.3, -0.25) is 14.5 Å². The zero-order chi connectivity index (χ0) is 18.0. The number of likely N-dealkylation sites (tertiary alicyclic amines) is 1. The summed E-state index contributed by atoms with van der Waals surface area (Å²) in [6.07, 6.45) is 4.46. The van der Waals surface area contributed by atoms with Crippen LogP contribution >= 0.6 is 11.6 Å². The number of carboxylic acids is 1. The fourth-order valence-corrected chi connectivity index (χ4v) is 4.01. The summed E-state index contributed by atoms with van der Waals surface area (Å²) in [5.41, 5.74) is 0.697. The molecule has 1 unspecified atom stereocenters. The summed E-state index contributed by atoms with van der Waals surface area (Å²) >= 11 is 5.97. The Hall–Kier alpha value is -1.59. The maximum atomic E-state index is 13.2. The fourth-order valence-electron chi connectivity index (χ4n) is 3.89. The maximum Gasteiger partial charge on any atom is 0.317 e. The molecule has 5 nitrogen and oxygen atoms in total. The predicted molar refractivity (Wildman–Crippen MR) is 96.8 cm³/mol. The lowest BCUT2D eigenvalue weighted by Crippen LogP contribution is -2.41. The van der Waals surface area contributed by atoms with Gasteiger partial charge in [0.05, 0.1) is 12.0 Å². The molecular formula is C19H25ClN2O3. The van der Waals surface area contributed by atoms with Crippen LogP contribution in [0.5, 0.6) is 0 Å². The van der Waals surface area contributed by atoms with Crippen molar-refractivity contribution in [3.05, 3.63) is 34.9 Å². The van der Waals surface area contributed by atoms with Crippen molar-refractivity contribution in [3.63, 3.8) is 0 Å². The minimum absolute atomic E-state index is 0.0489. The van der Waals surface area contributed by atoms with Crippen LogP contribution in [0.25, 0.3) is 0 Å². The van der Waals surface area contributed by atoms with Crippen LogP contribution in [0.3, 0.4) is 0 Å². The Balaban J connectivity index is 1.65. The summed E-state index contributed by atoms with van der Waals surface area (Å²) in [6.45, 7) is 1.50. The number of hydrogen-bond acceptors (Lipinski definition) is 3. The zero-order valence-electron chi connectivity index (χ0n) is 14.6. The number of carboxylic acid groups (broad SMARTS) is 1. The standard InChI is InChI=1S/C19H25ClN2O3/c1-21(13-17(23)24)16-3-2-11-22(12-8-16)18(25)19(9-10-19)14-4-6-15(20)7-5-14/h4-7,16H,2-3,8-13H2,1H3,(H,23,24). The molecule has 1 aromatic rings. The SMILES string of the molecule is CN(CC(=O)O)C1CCCN(C(=O)C2(c3ccc(Cl)cc3)CC2)CC1. The van der Waals surface area contributed by atoms with Gasteiger partial charge in [0, 0.05) is 24.2 Å². The highest BCUT2D eigenvalue weighted by Crippen LogP contribution is 2.50. The molecule has 1 N–H and O–H groups in total. The van der Waals surface area contributed by atoms with Crippen LogP contribution in [0, 0.1) is 0 Å². The number of carbonyl (C=O) groups excluding carboxylic acids is 1. The molecular weight excluding hydrogens is 340 g/mol. The van der Waals surface area contributed by atoms with E-state index in [4.69, 9.17) is 16.7 Å². The van der Waals surface area contributed by atoms with E-state index in [9.17, 15) is 9.59 Å². The summed E-state index contributed by atoms with van der Waals surface area (Å²) in [5, 5.41) is 9.66. The minimum atomic E-state index is -0.806. The Morgan fingerprint density at radius 2 is 1.92 bits per heavy atom. The van der Waals surface area contributed by atoms with E-state index < -0.39 is 5.97 Å². The monoisotopic (exact) mass is 364 g/mol. The van der Waals surface area contributed by atoms with Gasteiger partial charge >= 0.3 is 5.97 Å². The van der Waals surface area contributed by atoms with Crippen LogP contribution in [0.1, 0.15) is 37.7 Å². The van der Waals surface area contributed by atoms with E-state index in [1.54, 1.807) is 0 Å². The van der Waals surface area contributed by atoms with Crippen molar-refractivity contribution < 1.29 is 14.7 Å². The van der Waals surface area contributed by atoms with Gasteiger partial charge in [0.25, 0.3) is 0 Å². The molecule has 1 saturated heterocycles. The quantitative estimate of drug-likeness (QED) is 0.872. The van der Waals surface area contributed by atoms with E-state index in [0.717, 1.165) is 44.2 Å². The average molecular weight is 365 g/mol. The second-order valence-electron chi connectivity index (χ2n) is 7.27. The third kappa shape index (κ3) is 3.98. The second kappa shape index (κ2) is 7.34. The summed E-state index contributed by atoms with van der Waals surface area (Å²) < 4.78 is 0. The van der Waals surface area contributed by atoms with E-state index >= 15 is 0 Å². The first kappa shape index (κ1) is 18.2. The minimum Gasteiger partial charge on any atom is -0.480 e. The Morgan fingerprint density at radius 1 is 1.24 bits per heavy atom. The molecule has 1 heterocycles. The lowest BCUT2D eigenvalue weighted by atomic mass is 9.94. The topological polar surface area (TPSA) is 60.9 Å². The van der Waals surface area contributed by atoms with Gasteiger partial charge in [-0.2, -0.15) is 0 Å². The van der Waals surface area contributed by atoms with E-state index in [1.165, 1.54) is 0 Å². The number of rotatable bonds is 5. The van der Waals surface area contributed by atoms with Crippen LogP contribution in [0.15, 0.2) is 24.3 Å². The lowest BCUT2D eigenvalue weighted by molar-refractivity contribution is -0.138. The molecule has 2 fully saturated rings. The Morgan fingerprint density at radius 3 is 2.52 bits per heavy atom. The third-order valence-corrected chi connectivity index (χ3v) is 5.80. The largest absolute Gasteiger partial charge is 0.480 e. The number of likely N-dealkylation sites (N-methyl/N-ethyl adjacent to an activating group) is 1. The number of aliphatic carboxylic acids is 1. The molecule has 6 heteroatoms. The van der Waals surface area contributed by atoms with Gasteiger partial charge in [0.1, 0.15) is 0 Å². The molecule has 25 heavy (non-hydrogen) atoms. The molecule has 1 saturated carbocycles. The smallest absolute Gasteiger partial charge is 0.317 e. The number of amides is 1. The summed E-state index contributed by atoms with van der Waals surface area (Å²) in [5.74, 6) is -0.587. The van der Waals surface area contributed by atoms with Crippen LogP contribution in [-0.4, -0.2) is 59.5 Å². The number of carbonyl (C=O) groups is 2. The molecule has 1 atom stereocenters. The number of nitrogens with zero attached hydrogens (tertiary/aromatic N) is 2. The van der Waals surface area contributed by atoms with Gasteiger partial charge in [-0.25, -0.2) is 0 Å². The highest BCUT2D eigenvalue weighted by atomic mass is 35.5. The van der Waals surface area contributed by atoms with Crippen molar-refractivity contribution in [2.45, 2.75) is 43.6 Å². The van der Waals surface area contributed by atoms with E-state index in [0.29, 0.717) is 11.6 Å². The van der Waals surface area contributed by atoms with Crippen LogP contribution in [-0.2, 0) is 15.0 Å². The Bertz CT molecular complexity index is 643. The zero-order valence-corrected chi connectivity index (χ0v) is 15.3. The van der Waals surface area contributed by atoms with E-state index in [2.05, 4.69) is 0 Å². The molecule has 0 bridgehead atoms. The van der Waals surface area contributed by atoms with Crippen molar-refractivity contribution in [1.82, 2.24) is 9.80 Å². The maximum absolute atomic E-state index is 13.2. The summed E-state index contributed by atoms with van der Waals surface area (Å²) in [6, 6.07) is 7.86.